The van der Waals surface area contributed by atoms with Crippen LogP contribution >= 0.6 is 0 Å². The van der Waals surface area contributed by atoms with Gasteiger partial charge in [0.25, 0.3) is 0 Å². The van der Waals surface area contributed by atoms with Gasteiger partial charge in [-0.25, -0.2) is 14.4 Å². The van der Waals surface area contributed by atoms with Crippen molar-refractivity contribution in [3.05, 3.63) is 66.4 Å². The Morgan fingerprint density at radius 1 is 1.07 bits per heavy atom. The molecule has 0 amide bonds. The van der Waals surface area contributed by atoms with Crippen LogP contribution in [0.5, 0.6) is 5.75 Å². The molecule has 0 fully saturated rings. The van der Waals surface area contributed by atoms with Gasteiger partial charge in [0.15, 0.2) is 17.4 Å². The zero-order valence-corrected chi connectivity index (χ0v) is 14.7. The fourth-order valence-corrected chi connectivity index (χ4v) is 2.90. The van der Waals surface area contributed by atoms with Gasteiger partial charge in [-0.2, -0.15) is 0 Å². The predicted octanol–water partition coefficient (Wildman–Crippen LogP) is 3.82. The van der Waals surface area contributed by atoms with Gasteiger partial charge in [0.05, 0.1) is 18.2 Å². The van der Waals surface area contributed by atoms with E-state index in [1.54, 1.807) is 30.6 Å². The lowest BCUT2D eigenvalue weighted by atomic mass is 10.2. The molecule has 0 saturated carbocycles. The average Bonchev–Trinajstić information content (AvgIpc) is 3.14. The average molecular weight is 363 g/mol. The van der Waals surface area contributed by atoms with Gasteiger partial charge in [-0.15, -0.1) is 0 Å². The fraction of sp³-hybridized carbons (Fsp3) is 0.150. The second-order valence-corrected chi connectivity index (χ2v) is 5.96. The Bertz CT molecular complexity index is 1060. The topological polar surface area (TPSA) is 75.7 Å². The number of benzene rings is 1. The maximum atomic E-state index is 14.6. The SMILES string of the molecule is COc1cccc(-c2nc3c(NCCc4ccccn4)nccc3[nH]2)c1F. The normalized spacial score (nSPS) is 10.9. The zero-order valence-electron chi connectivity index (χ0n) is 14.7. The molecule has 2 N–H and O–H groups in total. The van der Waals surface area contributed by atoms with E-state index in [4.69, 9.17) is 4.74 Å². The van der Waals surface area contributed by atoms with Gasteiger partial charge >= 0.3 is 0 Å². The molecule has 136 valence electrons. The molecule has 7 heteroatoms. The molecule has 3 heterocycles. The molecule has 0 radical (unpaired) electrons. The van der Waals surface area contributed by atoms with Crippen molar-refractivity contribution in [1.82, 2.24) is 19.9 Å². The molecular weight excluding hydrogens is 345 g/mol. The van der Waals surface area contributed by atoms with Crippen LogP contribution in [0.2, 0.25) is 0 Å². The fourth-order valence-electron chi connectivity index (χ4n) is 2.90. The zero-order chi connectivity index (χ0) is 18.6. The molecule has 0 aliphatic rings. The van der Waals surface area contributed by atoms with Crippen molar-refractivity contribution in [1.29, 1.82) is 0 Å². The number of anilines is 1. The van der Waals surface area contributed by atoms with Gasteiger partial charge in [0, 0.05) is 31.1 Å². The highest BCUT2D eigenvalue weighted by atomic mass is 19.1. The first-order chi connectivity index (χ1) is 13.3. The van der Waals surface area contributed by atoms with Crippen molar-refractivity contribution in [2.45, 2.75) is 6.42 Å². The predicted molar refractivity (Wildman–Crippen MR) is 102 cm³/mol. The van der Waals surface area contributed by atoms with Crippen LogP contribution in [-0.4, -0.2) is 33.6 Å². The monoisotopic (exact) mass is 363 g/mol. The number of H-pyrrole nitrogens is 1. The first-order valence-electron chi connectivity index (χ1n) is 8.57. The number of nitrogens with zero attached hydrogens (tertiary/aromatic N) is 3. The quantitative estimate of drug-likeness (QED) is 0.545. The smallest absolute Gasteiger partial charge is 0.175 e. The van der Waals surface area contributed by atoms with E-state index in [1.807, 2.05) is 24.3 Å². The number of pyridine rings is 2. The van der Waals surface area contributed by atoms with Crippen molar-refractivity contribution in [3.63, 3.8) is 0 Å². The molecule has 6 nitrogen and oxygen atoms in total. The minimum atomic E-state index is -0.448. The van der Waals surface area contributed by atoms with Crippen LogP contribution in [0, 0.1) is 5.82 Å². The van der Waals surface area contributed by atoms with Gasteiger partial charge in [0.1, 0.15) is 11.3 Å². The van der Waals surface area contributed by atoms with Gasteiger partial charge in [-0.05, 0) is 30.3 Å². The van der Waals surface area contributed by atoms with Gasteiger partial charge in [-0.1, -0.05) is 12.1 Å². The lowest BCUT2D eigenvalue weighted by molar-refractivity contribution is 0.387. The van der Waals surface area contributed by atoms with Crippen LogP contribution < -0.4 is 10.1 Å². The third-order valence-corrected chi connectivity index (χ3v) is 4.24. The molecule has 0 unspecified atom stereocenters. The number of nitrogens with one attached hydrogen (secondary N) is 2. The summed E-state index contributed by atoms with van der Waals surface area (Å²) in [7, 11) is 1.44. The summed E-state index contributed by atoms with van der Waals surface area (Å²) in [5.74, 6) is 0.813. The number of halogens is 1. The van der Waals surface area contributed by atoms with Crippen molar-refractivity contribution < 1.29 is 9.13 Å². The van der Waals surface area contributed by atoms with Crippen LogP contribution in [0.15, 0.2) is 54.9 Å². The summed E-state index contributed by atoms with van der Waals surface area (Å²) in [6.07, 6.45) is 4.23. The van der Waals surface area contributed by atoms with E-state index >= 15 is 0 Å². The van der Waals surface area contributed by atoms with Crippen molar-refractivity contribution in [3.8, 4) is 17.1 Å². The molecule has 1 aromatic carbocycles. The van der Waals surface area contributed by atoms with E-state index in [2.05, 4.69) is 25.3 Å². The molecule has 0 spiro atoms. The molecular formula is C20H18FN5O. The standard InChI is InChI=1S/C20H18FN5O/c1-27-16-7-4-6-14(17(16)21)19-25-15-9-12-24-20(18(15)26-19)23-11-8-13-5-2-3-10-22-13/h2-7,9-10,12H,8,11H2,1H3,(H,23,24)(H,25,26). The minimum Gasteiger partial charge on any atom is -0.494 e. The Morgan fingerprint density at radius 2 is 2.00 bits per heavy atom. The molecule has 4 rings (SSSR count). The van der Waals surface area contributed by atoms with Crippen LogP contribution in [0.25, 0.3) is 22.4 Å². The highest BCUT2D eigenvalue weighted by molar-refractivity contribution is 5.88. The lowest BCUT2D eigenvalue weighted by Gasteiger charge is -2.05. The number of ether oxygens (including phenoxy) is 1. The summed E-state index contributed by atoms with van der Waals surface area (Å²) in [6.45, 7) is 0.666. The molecule has 4 aromatic rings. The molecule has 0 aliphatic carbocycles. The van der Waals surface area contributed by atoms with E-state index in [0.717, 1.165) is 17.6 Å². The Labute approximate surface area is 155 Å². The summed E-state index contributed by atoms with van der Waals surface area (Å²) in [5, 5.41) is 3.29. The number of imidazole rings is 1. The van der Waals surface area contributed by atoms with E-state index < -0.39 is 5.82 Å². The van der Waals surface area contributed by atoms with Crippen molar-refractivity contribution in [2.24, 2.45) is 0 Å². The molecule has 0 saturated heterocycles. The summed E-state index contributed by atoms with van der Waals surface area (Å²) in [5.41, 5.74) is 2.79. The van der Waals surface area contributed by atoms with Crippen LogP contribution in [-0.2, 0) is 6.42 Å². The molecule has 0 atom stereocenters. The molecule has 27 heavy (non-hydrogen) atoms. The van der Waals surface area contributed by atoms with Gasteiger partial charge in [-0.3, -0.25) is 4.98 Å². The third kappa shape index (κ3) is 3.44. The first kappa shape index (κ1) is 17.0. The Hall–Kier alpha value is -3.48. The highest BCUT2D eigenvalue weighted by Gasteiger charge is 2.15. The van der Waals surface area contributed by atoms with Gasteiger partial charge in [0.2, 0.25) is 0 Å². The second-order valence-electron chi connectivity index (χ2n) is 5.96. The Kier molecular flexibility index (Phi) is 4.65. The Morgan fingerprint density at radius 3 is 2.81 bits per heavy atom. The maximum absolute atomic E-state index is 14.6. The molecule has 0 bridgehead atoms. The highest BCUT2D eigenvalue weighted by Crippen LogP contribution is 2.29. The summed E-state index contributed by atoms with van der Waals surface area (Å²) < 4.78 is 19.6. The largest absolute Gasteiger partial charge is 0.494 e. The number of aromatic nitrogens is 4. The van der Waals surface area contributed by atoms with E-state index in [1.165, 1.54) is 7.11 Å². The number of hydrogen-bond acceptors (Lipinski definition) is 5. The number of fused-ring (bicyclic) bond motifs is 1. The van der Waals surface area contributed by atoms with E-state index in [9.17, 15) is 4.39 Å². The third-order valence-electron chi connectivity index (χ3n) is 4.24. The summed E-state index contributed by atoms with van der Waals surface area (Å²) in [4.78, 5) is 16.4. The van der Waals surface area contributed by atoms with Crippen LogP contribution in [0.1, 0.15) is 5.69 Å². The number of rotatable bonds is 6. The maximum Gasteiger partial charge on any atom is 0.175 e. The summed E-state index contributed by atoms with van der Waals surface area (Å²) in [6, 6.07) is 12.6. The number of methoxy groups -OCH3 is 1. The number of hydrogen-bond donors (Lipinski definition) is 2. The first-order valence-corrected chi connectivity index (χ1v) is 8.57. The summed E-state index contributed by atoms with van der Waals surface area (Å²) >= 11 is 0. The minimum absolute atomic E-state index is 0.180. The molecule has 0 aliphatic heterocycles. The Balaban J connectivity index is 1.61. The lowest BCUT2D eigenvalue weighted by Crippen LogP contribution is -2.07. The van der Waals surface area contributed by atoms with Crippen molar-refractivity contribution in [2.75, 3.05) is 19.0 Å². The van der Waals surface area contributed by atoms with Gasteiger partial charge < -0.3 is 15.0 Å². The van der Waals surface area contributed by atoms with Crippen LogP contribution in [0.3, 0.4) is 0 Å². The molecule has 3 aromatic heterocycles. The second kappa shape index (κ2) is 7.41. The van der Waals surface area contributed by atoms with E-state index in [-0.39, 0.29) is 5.75 Å². The number of aromatic amines is 1. The van der Waals surface area contributed by atoms with Crippen LogP contribution in [0.4, 0.5) is 10.2 Å². The van der Waals surface area contributed by atoms with Crippen molar-refractivity contribution >= 4 is 16.9 Å². The van der Waals surface area contributed by atoms with E-state index in [0.29, 0.717) is 29.3 Å².